The van der Waals surface area contributed by atoms with Crippen molar-refractivity contribution in [3.8, 4) is 5.75 Å². The van der Waals surface area contributed by atoms with Gasteiger partial charge in [0.2, 0.25) is 0 Å². The van der Waals surface area contributed by atoms with Crippen LogP contribution in [-0.4, -0.2) is 65.8 Å². The normalized spacial score (nSPS) is 13.1. The van der Waals surface area contributed by atoms with Gasteiger partial charge in [-0.05, 0) is 38.2 Å². The third kappa shape index (κ3) is 7.16. The summed E-state index contributed by atoms with van der Waals surface area (Å²) in [6.45, 7) is 7.11. The fraction of sp³-hybridized carbons (Fsp3) is 0.529. The third-order valence-corrected chi connectivity index (χ3v) is 3.74. The lowest BCUT2D eigenvalue weighted by Gasteiger charge is -2.20. The molecule has 13 heteroatoms. The number of rotatable bonds is 11. The number of imide groups is 1. The second-order valence-corrected chi connectivity index (χ2v) is 5.79. The monoisotopic (exact) mass is 428 g/mol. The highest BCUT2D eigenvalue weighted by molar-refractivity contribution is 6.21. The van der Waals surface area contributed by atoms with Crippen LogP contribution in [0.25, 0.3) is 0 Å². The van der Waals surface area contributed by atoms with E-state index < -0.39 is 41.2 Å². The molecule has 1 heterocycles. The van der Waals surface area contributed by atoms with Crippen LogP contribution in [0, 0.1) is 20.2 Å². The first-order chi connectivity index (χ1) is 14.2. The van der Waals surface area contributed by atoms with Gasteiger partial charge < -0.3 is 19.7 Å². The molecule has 0 radical (unpaired) electrons. The molecule has 1 N–H and O–H groups in total. The molecule has 1 atom stereocenters. The van der Waals surface area contributed by atoms with Crippen LogP contribution >= 0.6 is 0 Å². The Morgan fingerprint density at radius 3 is 2.17 bits per heavy atom. The predicted molar refractivity (Wildman–Crippen MR) is 102 cm³/mol. The highest BCUT2D eigenvalue weighted by atomic mass is 17.0. The quantitative estimate of drug-likeness (QED) is 0.306. The summed E-state index contributed by atoms with van der Waals surface area (Å²) in [4.78, 5) is 54.4. The van der Waals surface area contributed by atoms with E-state index in [0.717, 1.165) is 13.1 Å². The van der Waals surface area contributed by atoms with Crippen LogP contribution in [0.4, 0.5) is 0 Å². The lowest BCUT2D eigenvalue weighted by molar-refractivity contribution is -0.789. The maximum absolute atomic E-state index is 12.4. The Hall–Kier alpha value is -3.48. The van der Waals surface area contributed by atoms with Crippen LogP contribution < -0.4 is 10.1 Å². The van der Waals surface area contributed by atoms with Gasteiger partial charge in [0.05, 0.1) is 24.3 Å². The van der Waals surface area contributed by atoms with Gasteiger partial charge >= 0.3 is 0 Å². The molecule has 0 fully saturated rings. The largest absolute Gasteiger partial charge is 0.494 e. The molecule has 1 aliphatic heterocycles. The Labute approximate surface area is 172 Å². The van der Waals surface area contributed by atoms with E-state index in [0.29, 0.717) is 17.3 Å². The molecule has 166 valence electrons. The highest BCUT2D eigenvalue weighted by Gasteiger charge is 2.38. The van der Waals surface area contributed by atoms with Crippen molar-refractivity contribution in [3.63, 3.8) is 0 Å². The molecule has 0 saturated carbocycles. The van der Waals surface area contributed by atoms with Crippen molar-refractivity contribution in [2.45, 2.75) is 26.9 Å². The minimum Gasteiger partial charge on any atom is -0.494 e. The third-order valence-electron chi connectivity index (χ3n) is 3.74. The van der Waals surface area contributed by atoms with Gasteiger partial charge in [-0.1, -0.05) is 13.8 Å². The lowest BCUT2D eigenvalue weighted by Crippen LogP contribution is -2.41. The van der Waals surface area contributed by atoms with Gasteiger partial charge in [-0.15, -0.1) is 20.2 Å². The number of carbonyl (C=O) groups is 2. The van der Waals surface area contributed by atoms with E-state index in [-0.39, 0.29) is 11.1 Å². The Kier molecular flexibility index (Phi) is 9.96. The number of fused-ring (bicyclic) bond motifs is 1. The smallest absolute Gasteiger partial charge is 0.294 e. The number of amides is 2. The highest BCUT2D eigenvalue weighted by Crippen LogP contribution is 2.27. The SMILES string of the molecule is CCNCC.CCOc1ccc2c(c1)C(=O)N(CC(CO[N+](=O)[O-])O[N+](=O)[O-])C2=O. The molecule has 13 nitrogen and oxygen atoms in total. The van der Waals surface area contributed by atoms with Crippen molar-refractivity contribution in [1.29, 1.82) is 0 Å². The van der Waals surface area contributed by atoms with E-state index in [4.69, 9.17) is 4.74 Å². The average molecular weight is 428 g/mol. The van der Waals surface area contributed by atoms with Crippen LogP contribution in [0.5, 0.6) is 5.75 Å². The molecular formula is C17H24N4O9. The summed E-state index contributed by atoms with van der Waals surface area (Å²) >= 11 is 0. The van der Waals surface area contributed by atoms with Gasteiger partial charge in [-0.25, -0.2) is 0 Å². The summed E-state index contributed by atoms with van der Waals surface area (Å²) in [5, 5.41) is 21.5. The summed E-state index contributed by atoms with van der Waals surface area (Å²) in [6.07, 6.45) is -1.51. The molecule has 2 rings (SSSR count). The molecule has 0 spiro atoms. The van der Waals surface area contributed by atoms with Gasteiger partial charge in [-0.3, -0.25) is 14.5 Å². The van der Waals surface area contributed by atoms with Crippen LogP contribution in [0.2, 0.25) is 0 Å². The Balaban J connectivity index is 0.000000804. The lowest BCUT2D eigenvalue weighted by atomic mass is 10.1. The number of hydrogen-bond acceptors (Lipinski definition) is 10. The van der Waals surface area contributed by atoms with Crippen LogP contribution in [0.1, 0.15) is 41.5 Å². The summed E-state index contributed by atoms with van der Waals surface area (Å²) in [5.41, 5.74) is 0.175. The van der Waals surface area contributed by atoms with E-state index in [1.165, 1.54) is 18.2 Å². The molecule has 2 amide bonds. The predicted octanol–water partition coefficient (Wildman–Crippen LogP) is 1.08. The Morgan fingerprint density at radius 1 is 1.03 bits per heavy atom. The molecule has 30 heavy (non-hydrogen) atoms. The molecular weight excluding hydrogens is 404 g/mol. The fourth-order valence-corrected chi connectivity index (χ4v) is 2.53. The minimum absolute atomic E-state index is 0.0750. The zero-order valence-corrected chi connectivity index (χ0v) is 16.9. The molecule has 1 aromatic rings. The molecule has 0 aromatic heterocycles. The topological polar surface area (TPSA) is 163 Å². The van der Waals surface area contributed by atoms with Crippen molar-refractivity contribution < 1.29 is 34.2 Å². The van der Waals surface area contributed by atoms with Crippen molar-refractivity contribution in [3.05, 3.63) is 49.6 Å². The Morgan fingerprint density at radius 2 is 1.67 bits per heavy atom. The molecule has 1 aliphatic rings. The number of hydrogen-bond donors (Lipinski definition) is 1. The maximum atomic E-state index is 12.4. The summed E-state index contributed by atoms with van der Waals surface area (Å²) in [5.74, 6) is -1.01. The molecule has 0 bridgehead atoms. The minimum atomic E-state index is -1.51. The van der Waals surface area contributed by atoms with Gasteiger partial charge in [0.15, 0.2) is 0 Å². The van der Waals surface area contributed by atoms with Gasteiger partial charge in [-0.2, -0.15) is 0 Å². The number of nitrogens with one attached hydrogen (secondary N) is 1. The summed E-state index contributed by atoms with van der Waals surface area (Å²) in [6, 6.07) is 4.30. The van der Waals surface area contributed by atoms with Gasteiger partial charge in [0, 0.05) is 0 Å². The summed E-state index contributed by atoms with van der Waals surface area (Å²) < 4.78 is 5.26. The van der Waals surface area contributed by atoms with Gasteiger partial charge in [0.25, 0.3) is 22.0 Å². The average Bonchev–Trinajstić information content (AvgIpc) is 2.91. The van der Waals surface area contributed by atoms with E-state index in [2.05, 4.69) is 28.8 Å². The number of nitrogens with zero attached hydrogens (tertiary/aromatic N) is 3. The van der Waals surface area contributed by atoms with Crippen LogP contribution in [0.15, 0.2) is 18.2 Å². The number of benzene rings is 1. The van der Waals surface area contributed by atoms with Crippen molar-refractivity contribution in [1.82, 2.24) is 10.2 Å². The first-order valence-electron chi connectivity index (χ1n) is 9.17. The van der Waals surface area contributed by atoms with E-state index >= 15 is 0 Å². The second-order valence-electron chi connectivity index (χ2n) is 5.79. The molecule has 0 saturated heterocycles. The second kappa shape index (κ2) is 12.2. The molecule has 0 aliphatic carbocycles. The van der Waals surface area contributed by atoms with Crippen LogP contribution in [-0.2, 0) is 9.68 Å². The van der Waals surface area contributed by atoms with Crippen molar-refractivity contribution in [2.24, 2.45) is 0 Å². The summed E-state index contributed by atoms with van der Waals surface area (Å²) in [7, 11) is 0. The van der Waals surface area contributed by atoms with E-state index in [1.807, 2.05) is 0 Å². The number of ether oxygens (including phenoxy) is 1. The zero-order valence-electron chi connectivity index (χ0n) is 16.9. The van der Waals surface area contributed by atoms with E-state index in [9.17, 15) is 29.8 Å². The van der Waals surface area contributed by atoms with Crippen LogP contribution in [0.3, 0.4) is 0 Å². The Bertz CT molecular complexity index is 770. The van der Waals surface area contributed by atoms with Gasteiger partial charge in [0.1, 0.15) is 18.5 Å². The van der Waals surface area contributed by atoms with E-state index in [1.54, 1.807) is 6.92 Å². The standard InChI is InChI=1S/C13H13N3O9.C4H11N/c1-2-23-8-3-4-10-11(5-8)13(18)14(12(10)17)6-9(25-16(21)22)7-24-15(19)20;1-3-5-4-2/h3-5,9H,2,6-7H2,1H3;5H,3-4H2,1-2H3. The first-order valence-corrected chi connectivity index (χ1v) is 9.17. The molecule has 1 aromatic carbocycles. The number of carbonyl (C=O) groups excluding carboxylic acids is 2. The first kappa shape index (κ1) is 24.6. The fourth-order valence-electron chi connectivity index (χ4n) is 2.53. The van der Waals surface area contributed by atoms with Crippen molar-refractivity contribution in [2.75, 3.05) is 32.8 Å². The molecule has 1 unspecified atom stereocenters. The zero-order chi connectivity index (χ0) is 22.7. The maximum Gasteiger partial charge on any atom is 0.294 e. The van der Waals surface area contributed by atoms with Crippen molar-refractivity contribution >= 4 is 11.8 Å².